The number of aryl methyl sites for hydroxylation is 2. The minimum atomic E-state index is -0.0884. The van der Waals surface area contributed by atoms with Crippen LogP contribution in [0.2, 0.25) is 5.02 Å². The molecule has 0 saturated heterocycles. The predicted molar refractivity (Wildman–Crippen MR) is 147 cm³/mol. The van der Waals surface area contributed by atoms with E-state index in [0.717, 1.165) is 54.8 Å². The number of aromatic nitrogens is 2. The van der Waals surface area contributed by atoms with Crippen molar-refractivity contribution in [3.8, 4) is 5.75 Å². The second-order valence-corrected chi connectivity index (χ2v) is 9.55. The molecule has 0 saturated carbocycles. The summed E-state index contributed by atoms with van der Waals surface area (Å²) in [6, 6.07) is 23.6. The smallest absolute Gasteiger partial charge is 0.251 e. The van der Waals surface area contributed by atoms with Crippen molar-refractivity contribution in [1.29, 1.82) is 0 Å². The molecule has 0 aliphatic rings. The van der Waals surface area contributed by atoms with E-state index in [4.69, 9.17) is 21.3 Å². The molecule has 188 valence electrons. The van der Waals surface area contributed by atoms with Crippen molar-refractivity contribution in [2.75, 3.05) is 13.2 Å². The molecule has 6 heteroatoms. The van der Waals surface area contributed by atoms with Crippen LogP contribution in [-0.4, -0.2) is 28.6 Å². The molecule has 0 aliphatic heterocycles. The van der Waals surface area contributed by atoms with Crippen molar-refractivity contribution in [2.24, 2.45) is 0 Å². The maximum absolute atomic E-state index is 12.3. The summed E-state index contributed by atoms with van der Waals surface area (Å²) >= 11 is 5.91. The van der Waals surface area contributed by atoms with Crippen LogP contribution in [0.3, 0.4) is 0 Å². The number of para-hydroxylation sites is 2. The number of carbonyl (C=O) groups is 1. The normalized spacial score (nSPS) is 12.0. The Morgan fingerprint density at radius 1 is 1.03 bits per heavy atom. The van der Waals surface area contributed by atoms with Crippen LogP contribution in [0.4, 0.5) is 0 Å². The molecule has 4 rings (SSSR count). The number of imidazole rings is 1. The molecule has 1 atom stereocenters. The largest absolute Gasteiger partial charge is 0.494 e. The number of halogens is 1. The Bertz CT molecular complexity index is 1270. The molecule has 4 aromatic rings. The summed E-state index contributed by atoms with van der Waals surface area (Å²) in [6.07, 6.45) is 3.61. The first-order valence-corrected chi connectivity index (χ1v) is 13.1. The van der Waals surface area contributed by atoms with Crippen LogP contribution in [0.15, 0.2) is 72.8 Å². The van der Waals surface area contributed by atoms with E-state index in [1.807, 2.05) is 18.2 Å². The zero-order valence-corrected chi connectivity index (χ0v) is 21.8. The zero-order valence-electron chi connectivity index (χ0n) is 21.0. The Morgan fingerprint density at radius 2 is 1.78 bits per heavy atom. The van der Waals surface area contributed by atoms with Gasteiger partial charge in [-0.3, -0.25) is 4.79 Å². The van der Waals surface area contributed by atoms with Crippen LogP contribution in [0.1, 0.15) is 60.8 Å². The summed E-state index contributed by atoms with van der Waals surface area (Å²) in [5.41, 5.74) is 4.10. The standard InChI is InChI=1S/C30H34ClN3O2/c1-3-22(2)23-13-17-26(18-14-23)36-21-7-20-34-28-9-5-4-8-27(28)33-29(34)10-6-19-32-30(35)24-11-15-25(31)16-12-24/h4-5,8-9,11-18,22H,3,6-7,10,19-21H2,1-2H3,(H,32,35). The highest BCUT2D eigenvalue weighted by Gasteiger charge is 2.11. The molecule has 1 unspecified atom stereocenters. The van der Waals surface area contributed by atoms with E-state index in [1.54, 1.807) is 24.3 Å². The topological polar surface area (TPSA) is 56.1 Å². The van der Waals surface area contributed by atoms with Crippen molar-refractivity contribution in [1.82, 2.24) is 14.9 Å². The minimum Gasteiger partial charge on any atom is -0.494 e. The molecule has 0 bridgehead atoms. The van der Waals surface area contributed by atoms with E-state index < -0.39 is 0 Å². The number of ether oxygens (including phenoxy) is 1. The van der Waals surface area contributed by atoms with Crippen molar-refractivity contribution in [3.63, 3.8) is 0 Å². The molecule has 0 aliphatic carbocycles. The van der Waals surface area contributed by atoms with Crippen molar-refractivity contribution < 1.29 is 9.53 Å². The van der Waals surface area contributed by atoms with Crippen LogP contribution in [0.25, 0.3) is 11.0 Å². The van der Waals surface area contributed by atoms with E-state index in [-0.39, 0.29) is 5.91 Å². The Morgan fingerprint density at radius 3 is 2.53 bits per heavy atom. The molecule has 0 radical (unpaired) electrons. The first kappa shape index (κ1) is 25.8. The molecular formula is C30H34ClN3O2. The summed E-state index contributed by atoms with van der Waals surface area (Å²) in [5.74, 6) is 2.43. The highest BCUT2D eigenvalue weighted by atomic mass is 35.5. The fourth-order valence-electron chi connectivity index (χ4n) is 4.26. The van der Waals surface area contributed by atoms with Gasteiger partial charge in [-0.15, -0.1) is 0 Å². The molecule has 1 N–H and O–H groups in total. The number of carbonyl (C=O) groups excluding carboxylic acids is 1. The van der Waals surface area contributed by atoms with Gasteiger partial charge in [0.1, 0.15) is 11.6 Å². The first-order chi connectivity index (χ1) is 17.5. The molecule has 0 fully saturated rings. The highest BCUT2D eigenvalue weighted by Crippen LogP contribution is 2.22. The second kappa shape index (κ2) is 12.6. The van der Waals surface area contributed by atoms with Gasteiger partial charge in [-0.25, -0.2) is 4.98 Å². The molecule has 1 aromatic heterocycles. The van der Waals surface area contributed by atoms with E-state index in [2.05, 4.69) is 54.1 Å². The molecule has 0 spiro atoms. The third-order valence-electron chi connectivity index (χ3n) is 6.56. The van der Waals surface area contributed by atoms with E-state index >= 15 is 0 Å². The van der Waals surface area contributed by atoms with Crippen molar-refractivity contribution >= 4 is 28.5 Å². The van der Waals surface area contributed by atoms with Crippen LogP contribution in [0, 0.1) is 0 Å². The average Bonchev–Trinajstić information content (AvgIpc) is 3.26. The Labute approximate surface area is 218 Å². The fraction of sp³-hybridized carbons (Fsp3) is 0.333. The minimum absolute atomic E-state index is 0.0884. The van der Waals surface area contributed by atoms with Gasteiger partial charge < -0.3 is 14.6 Å². The lowest BCUT2D eigenvalue weighted by Crippen LogP contribution is -2.25. The van der Waals surface area contributed by atoms with Crippen LogP contribution in [-0.2, 0) is 13.0 Å². The van der Waals surface area contributed by atoms with Gasteiger partial charge in [-0.1, -0.05) is 49.7 Å². The maximum Gasteiger partial charge on any atom is 0.251 e. The average molecular weight is 504 g/mol. The lowest BCUT2D eigenvalue weighted by Gasteiger charge is -2.12. The number of hydrogen-bond acceptors (Lipinski definition) is 3. The lowest BCUT2D eigenvalue weighted by atomic mass is 9.99. The number of hydrogen-bond donors (Lipinski definition) is 1. The van der Waals surface area contributed by atoms with E-state index in [0.29, 0.717) is 29.7 Å². The Kier molecular flexibility index (Phi) is 9.01. The summed E-state index contributed by atoms with van der Waals surface area (Å²) in [6.45, 7) is 6.52. The van der Waals surface area contributed by atoms with Crippen LogP contribution in [0.5, 0.6) is 5.75 Å². The highest BCUT2D eigenvalue weighted by molar-refractivity contribution is 6.30. The number of nitrogens with one attached hydrogen (secondary N) is 1. The van der Waals surface area contributed by atoms with Gasteiger partial charge in [0, 0.05) is 30.1 Å². The van der Waals surface area contributed by atoms with Gasteiger partial charge in [-0.05, 0) is 79.3 Å². The van der Waals surface area contributed by atoms with E-state index in [9.17, 15) is 4.79 Å². The third kappa shape index (κ3) is 6.67. The number of rotatable bonds is 12. The van der Waals surface area contributed by atoms with Gasteiger partial charge in [0.15, 0.2) is 0 Å². The van der Waals surface area contributed by atoms with Gasteiger partial charge in [0.2, 0.25) is 0 Å². The van der Waals surface area contributed by atoms with Crippen molar-refractivity contribution in [2.45, 2.75) is 52.0 Å². The number of nitrogens with zero attached hydrogens (tertiary/aromatic N) is 2. The summed E-state index contributed by atoms with van der Waals surface area (Å²) < 4.78 is 8.29. The van der Waals surface area contributed by atoms with Gasteiger partial charge in [-0.2, -0.15) is 0 Å². The van der Waals surface area contributed by atoms with Crippen LogP contribution >= 0.6 is 11.6 Å². The van der Waals surface area contributed by atoms with E-state index in [1.165, 1.54) is 5.56 Å². The maximum atomic E-state index is 12.3. The molecule has 36 heavy (non-hydrogen) atoms. The summed E-state index contributed by atoms with van der Waals surface area (Å²) in [7, 11) is 0. The number of amides is 1. The molecule has 5 nitrogen and oxygen atoms in total. The second-order valence-electron chi connectivity index (χ2n) is 9.12. The third-order valence-corrected chi connectivity index (χ3v) is 6.81. The quantitative estimate of drug-likeness (QED) is 0.211. The summed E-state index contributed by atoms with van der Waals surface area (Å²) in [5, 5.41) is 3.61. The number of benzene rings is 3. The zero-order chi connectivity index (χ0) is 25.3. The first-order valence-electron chi connectivity index (χ1n) is 12.8. The monoisotopic (exact) mass is 503 g/mol. The SMILES string of the molecule is CCC(C)c1ccc(OCCCn2c(CCCNC(=O)c3ccc(Cl)cc3)nc3ccccc32)cc1. The molecule has 3 aromatic carbocycles. The summed E-state index contributed by atoms with van der Waals surface area (Å²) in [4.78, 5) is 17.2. The fourth-order valence-corrected chi connectivity index (χ4v) is 4.38. The Balaban J connectivity index is 1.30. The Hall–Kier alpha value is -3.31. The van der Waals surface area contributed by atoms with Gasteiger partial charge >= 0.3 is 0 Å². The molecule has 1 amide bonds. The number of fused-ring (bicyclic) bond motifs is 1. The molecule has 1 heterocycles. The molecular weight excluding hydrogens is 470 g/mol. The van der Waals surface area contributed by atoms with Gasteiger partial charge in [0.05, 0.1) is 17.6 Å². The lowest BCUT2D eigenvalue weighted by molar-refractivity contribution is 0.0953. The predicted octanol–water partition coefficient (Wildman–Crippen LogP) is 7.03. The van der Waals surface area contributed by atoms with Gasteiger partial charge in [0.25, 0.3) is 5.91 Å². The van der Waals surface area contributed by atoms with Crippen molar-refractivity contribution in [3.05, 3.63) is 94.8 Å². The van der Waals surface area contributed by atoms with Crippen LogP contribution < -0.4 is 10.1 Å².